The number of urea groups is 1. The van der Waals surface area contributed by atoms with Crippen molar-refractivity contribution in [3.63, 3.8) is 0 Å². The van der Waals surface area contributed by atoms with E-state index >= 15 is 0 Å². The summed E-state index contributed by atoms with van der Waals surface area (Å²) in [6.07, 6.45) is 13.7. The number of nitrogens with one attached hydrogen (secondary N) is 1. The molecule has 2 amide bonds. The van der Waals surface area contributed by atoms with Crippen molar-refractivity contribution in [1.29, 1.82) is 0 Å². The lowest BCUT2D eigenvalue weighted by atomic mass is 10.00. The van der Waals surface area contributed by atoms with Crippen molar-refractivity contribution in [3.8, 4) is 0 Å². The molecule has 24 heavy (non-hydrogen) atoms. The second-order valence-corrected chi connectivity index (χ2v) is 6.33. The molecule has 1 N–H and O–H groups in total. The smallest absolute Gasteiger partial charge is 0.317 e. The monoisotopic (exact) mass is 330 g/mol. The number of likely N-dealkylation sites (tertiary alicyclic amines) is 1. The van der Waals surface area contributed by atoms with Gasteiger partial charge in [0.15, 0.2) is 0 Å². The third kappa shape index (κ3) is 4.15. The summed E-state index contributed by atoms with van der Waals surface area (Å²) in [4.78, 5) is 22.8. The van der Waals surface area contributed by atoms with Gasteiger partial charge >= 0.3 is 6.03 Å². The summed E-state index contributed by atoms with van der Waals surface area (Å²) < 4.78 is 4.12. The summed E-state index contributed by atoms with van der Waals surface area (Å²) in [5, 5.41) is 3.06. The maximum absolute atomic E-state index is 12.6. The molecule has 0 radical (unpaired) electrons. The van der Waals surface area contributed by atoms with Crippen LogP contribution in [0, 0.1) is 6.92 Å². The van der Waals surface area contributed by atoms with E-state index < -0.39 is 0 Å². The number of piperidine rings is 1. The number of rotatable bonds is 6. The molecule has 3 rings (SSSR count). The lowest BCUT2D eigenvalue weighted by Gasteiger charge is -2.36. The minimum absolute atomic E-state index is 0.0584. The van der Waals surface area contributed by atoms with Crippen LogP contribution < -0.4 is 5.32 Å². The molecule has 1 aliphatic rings. The first-order valence-corrected chi connectivity index (χ1v) is 8.72. The van der Waals surface area contributed by atoms with Crippen LogP contribution in [-0.4, -0.2) is 49.2 Å². The normalized spacial score (nSPS) is 17.9. The van der Waals surface area contributed by atoms with Gasteiger partial charge in [0.25, 0.3) is 0 Å². The predicted molar refractivity (Wildman–Crippen MR) is 91.6 cm³/mol. The Hall–Kier alpha value is -2.31. The number of aryl methyl sites for hydroxylation is 2. The first-order chi connectivity index (χ1) is 11.7. The zero-order chi connectivity index (χ0) is 16.8. The van der Waals surface area contributed by atoms with Gasteiger partial charge in [0, 0.05) is 57.0 Å². The Morgan fingerprint density at radius 1 is 1.29 bits per heavy atom. The maximum Gasteiger partial charge on any atom is 0.317 e. The van der Waals surface area contributed by atoms with Crippen LogP contribution in [0.15, 0.2) is 31.1 Å². The summed E-state index contributed by atoms with van der Waals surface area (Å²) in [7, 11) is 0. The highest BCUT2D eigenvalue weighted by Gasteiger charge is 2.26. The van der Waals surface area contributed by atoms with Crippen molar-refractivity contribution in [1.82, 2.24) is 29.3 Å². The Balaban J connectivity index is 1.48. The Morgan fingerprint density at radius 2 is 2.21 bits per heavy atom. The number of carbonyl (C=O) groups excluding carboxylic acids is 1. The van der Waals surface area contributed by atoms with Gasteiger partial charge in [-0.1, -0.05) is 0 Å². The Morgan fingerprint density at radius 3 is 2.96 bits per heavy atom. The molecule has 0 aliphatic carbocycles. The van der Waals surface area contributed by atoms with E-state index in [-0.39, 0.29) is 6.03 Å². The highest BCUT2D eigenvalue weighted by Crippen LogP contribution is 2.20. The summed E-state index contributed by atoms with van der Waals surface area (Å²) in [6, 6.07) is 0.374. The lowest BCUT2D eigenvalue weighted by molar-refractivity contribution is 0.143. The molecular formula is C17H26N6O. The summed E-state index contributed by atoms with van der Waals surface area (Å²) in [5.74, 6) is 0.973. The largest absolute Gasteiger partial charge is 0.337 e. The van der Waals surface area contributed by atoms with Gasteiger partial charge in [-0.15, -0.1) is 0 Å². The Bertz CT molecular complexity index is 635. The third-order valence-corrected chi connectivity index (χ3v) is 4.72. The number of amides is 2. The van der Waals surface area contributed by atoms with Gasteiger partial charge in [-0.2, -0.15) is 0 Å². The van der Waals surface area contributed by atoms with Crippen molar-refractivity contribution < 1.29 is 4.79 Å². The highest BCUT2D eigenvalue weighted by molar-refractivity contribution is 5.74. The van der Waals surface area contributed by atoms with Gasteiger partial charge in [0.1, 0.15) is 5.82 Å². The summed E-state index contributed by atoms with van der Waals surface area (Å²) in [6.45, 7) is 5.11. The van der Waals surface area contributed by atoms with E-state index in [0.717, 1.165) is 44.7 Å². The second-order valence-electron chi connectivity index (χ2n) is 6.33. The molecule has 7 nitrogen and oxygen atoms in total. The Labute approximate surface area is 142 Å². The molecule has 0 unspecified atom stereocenters. The van der Waals surface area contributed by atoms with Crippen LogP contribution in [0.2, 0.25) is 0 Å². The molecule has 7 heteroatoms. The fourth-order valence-corrected chi connectivity index (χ4v) is 3.31. The molecule has 0 aromatic carbocycles. The molecule has 2 aromatic heterocycles. The van der Waals surface area contributed by atoms with E-state index in [1.807, 2.05) is 35.1 Å². The maximum atomic E-state index is 12.6. The molecule has 2 aromatic rings. The van der Waals surface area contributed by atoms with Gasteiger partial charge < -0.3 is 19.4 Å². The van der Waals surface area contributed by atoms with Crippen molar-refractivity contribution in [2.75, 3.05) is 13.1 Å². The van der Waals surface area contributed by atoms with Gasteiger partial charge in [0.05, 0.1) is 6.33 Å². The zero-order valence-electron chi connectivity index (χ0n) is 14.3. The third-order valence-electron chi connectivity index (χ3n) is 4.72. The van der Waals surface area contributed by atoms with E-state index in [2.05, 4.69) is 19.9 Å². The average molecular weight is 330 g/mol. The summed E-state index contributed by atoms with van der Waals surface area (Å²) >= 11 is 0. The fourth-order valence-electron chi connectivity index (χ4n) is 3.31. The predicted octanol–water partition coefficient (Wildman–Crippen LogP) is 2.04. The van der Waals surface area contributed by atoms with Crippen LogP contribution in [-0.2, 0) is 13.1 Å². The van der Waals surface area contributed by atoms with Gasteiger partial charge in [0.2, 0.25) is 0 Å². The van der Waals surface area contributed by atoms with Gasteiger partial charge in [-0.05, 0) is 32.6 Å². The minimum atomic E-state index is 0.0584. The number of carbonyl (C=O) groups is 1. The lowest BCUT2D eigenvalue weighted by Crippen LogP contribution is -2.49. The molecule has 0 bridgehead atoms. The number of imidazole rings is 2. The van der Waals surface area contributed by atoms with Gasteiger partial charge in [-0.3, -0.25) is 0 Å². The van der Waals surface area contributed by atoms with Crippen molar-refractivity contribution in [2.45, 2.75) is 51.7 Å². The van der Waals surface area contributed by atoms with Gasteiger partial charge in [-0.25, -0.2) is 14.8 Å². The van der Waals surface area contributed by atoms with Crippen LogP contribution in [0.3, 0.4) is 0 Å². The van der Waals surface area contributed by atoms with E-state index in [1.54, 1.807) is 12.4 Å². The fraction of sp³-hybridized carbons (Fsp3) is 0.588. The standard InChI is InChI=1S/C17H26N6O/c1-15-19-7-12-22(15)13-8-20-17(24)23-9-3-2-4-16(23)5-10-21-11-6-18-14-21/h6-7,11-12,14,16H,2-5,8-10,13H2,1H3,(H,20,24)/t16-/m1/s1. The minimum Gasteiger partial charge on any atom is -0.337 e. The molecule has 0 saturated carbocycles. The van der Waals surface area contributed by atoms with E-state index in [4.69, 9.17) is 0 Å². The molecule has 130 valence electrons. The molecule has 1 aliphatic heterocycles. The van der Waals surface area contributed by atoms with Crippen LogP contribution in [0.25, 0.3) is 0 Å². The molecule has 3 heterocycles. The van der Waals surface area contributed by atoms with E-state index in [0.29, 0.717) is 12.6 Å². The van der Waals surface area contributed by atoms with Crippen LogP contribution in [0.4, 0.5) is 4.79 Å². The second kappa shape index (κ2) is 7.99. The van der Waals surface area contributed by atoms with E-state index in [9.17, 15) is 4.79 Å². The van der Waals surface area contributed by atoms with Crippen molar-refractivity contribution in [2.24, 2.45) is 0 Å². The quantitative estimate of drug-likeness (QED) is 0.881. The molecular weight excluding hydrogens is 304 g/mol. The molecule has 0 spiro atoms. The molecule has 1 fully saturated rings. The first kappa shape index (κ1) is 16.5. The summed E-state index contributed by atoms with van der Waals surface area (Å²) in [5.41, 5.74) is 0. The van der Waals surface area contributed by atoms with Crippen molar-refractivity contribution >= 4 is 6.03 Å². The van der Waals surface area contributed by atoms with Crippen molar-refractivity contribution in [3.05, 3.63) is 36.9 Å². The first-order valence-electron chi connectivity index (χ1n) is 8.72. The number of hydrogen-bond acceptors (Lipinski definition) is 3. The highest BCUT2D eigenvalue weighted by atomic mass is 16.2. The Kier molecular flexibility index (Phi) is 5.51. The van der Waals surface area contributed by atoms with Crippen LogP contribution in [0.5, 0.6) is 0 Å². The SMILES string of the molecule is Cc1nccn1CCNC(=O)N1CCCC[C@@H]1CCn1ccnc1. The number of hydrogen-bond donors (Lipinski definition) is 1. The number of nitrogens with zero attached hydrogens (tertiary/aromatic N) is 5. The average Bonchev–Trinajstić information content (AvgIpc) is 3.25. The van der Waals surface area contributed by atoms with Crippen LogP contribution in [0.1, 0.15) is 31.5 Å². The molecule has 1 atom stereocenters. The topological polar surface area (TPSA) is 68.0 Å². The number of aromatic nitrogens is 4. The molecule has 1 saturated heterocycles. The zero-order valence-corrected chi connectivity index (χ0v) is 14.3. The van der Waals surface area contributed by atoms with Crippen LogP contribution >= 0.6 is 0 Å². The van der Waals surface area contributed by atoms with E-state index in [1.165, 1.54) is 6.42 Å².